The molecule has 3 aromatic carbocycles. The van der Waals surface area contributed by atoms with Crippen molar-refractivity contribution in [2.24, 2.45) is 0 Å². The number of nitrogens with one attached hydrogen (secondary N) is 1. The van der Waals surface area contributed by atoms with Crippen LogP contribution in [0.4, 0.5) is 5.69 Å². The lowest BCUT2D eigenvalue weighted by Crippen LogP contribution is -2.42. The minimum atomic E-state index is -3.99. The largest absolute Gasteiger partial charge is 0.491 e. The summed E-state index contributed by atoms with van der Waals surface area (Å²) in [5.74, 6) is 0.330. The van der Waals surface area contributed by atoms with Gasteiger partial charge in [0.15, 0.2) is 0 Å². The minimum absolute atomic E-state index is 0.0531. The molecule has 6 nitrogen and oxygen atoms in total. The number of hydrogen-bond acceptors (Lipinski definition) is 4. The van der Waals surface area contributed by atoms with Gasteiger partial charge in [-0.3, -0.25) is 9.10 Å². The maximum absolute atomic E-state index is 13.4. The molecule has 0 bridgehead atoms. The van der Waals surface area contributed by atoms with Gasteiger partial charge < -0.3 is 10.1 Å². The van der Waals surface area contributed by atoms with Gasteiger partial charge in [-0.05, 0) is 60.4 Å². The summed E-state index contributed by atoms with van der Waals surface area (Å²) in [6.07, 6.45) is 0. The van der Waals surface area contributed by atoms with Crippen LogP contribution in [0.25, 0.3) is 0 Å². The van der Waals surface area contributed by atoms with Gasteiger partial charge in [0.1, 0.15) is 18.9 Å². The molecule has 1 N–H and O–H groups in total. The number of aryl methyl sites for hydroxylation is 1. The summed E-state index contributed by atoms with van der Waals surface area (Å²) in [6.45, 7) is 8.36. The van der Waals surface area contributed by atoms with Crippen LogP contribution in [0.3, 0.4) is 0 Å². The normalized spacial score (nSPS) is 11.7. The van der Waals surface area contributed by atoms with Gasteiger partial charge in [0.2, 0.25) is 5.91 Å². The Morgan fingerprint density at radius 3 is 2.23 bits per heavy atom. The second-order valence-corrected chi connectivity index (χ2v) is 11.5. The third-order valence-electron chi connectivity index (χ3n) is 5.39. The van der Waals surface area contributed by atoms with Crippen LogP contribution in [0.2, 0.25) is 5.02 Å². The standard InChI is InChI=1S/C27H31ClN2O4S/c1-20-9-13-22(14-10-20)30(35(32,33)23-15-11-21(28)12-16-23)19-26(31)29-17-18-34-25-8-6-5-7-24(25)27(2,3)4/h5-16H,17-19H2,1-4H3,(H,29,31). The second-order valence-electron chi connectivity index (χ2n) is 9.25. The lowest BCUT2D eigenvalue weighted by atomic mass is 9.86. The molecule has 0 saturated heterocycles. The summed E-state index contributed by atoms with van der Waals surface area (Å²) in [5, 5.41) is 3.19. The highest BCUT2D eigenvalue weighted by atomic mass is 35.5. The summed E-state index contributed by atoms with van der Waals surface area (Å²) < 4.78 is 33.8. The van der Waals surface area contributed by atoms with E-state index in [0.717, 1.165) is 21.2 Å². The van der Waals surface area contributed by atoms with Gasteiger partial charge >= 0.3 is 0 Å². The maximum atomic E-state index is 13.4. The van der Waals surface area contributed by atoms with Gasteiger partial charge in [0.05, 0.1) is 17.1 Å². The third-order valence-corrected chi connectivity index (χ3v) is 7.43. The first-order valence-corrected chi connectivity index (χ1v) is 13.1. The summed E-state index contributed by atoms with van der Waals surface area (Å²) in [6, 6.07) is 20.6. The number of para-hydroxylation sites is 1. The van der Waals surface area contributed by atoms with Gasteiger partial charge in [0.25, 0.3) is 10.0 Å². The molecule has 0 fully saturated rings. The van der Waals surface area contributed by atoms with Crippen LogP contribution in [-0.4, -0.2) is 34.0 Å². The summed E-state index contributed by atoms with van der Waals surface area (Å²) in [5.41, 5.74) is 2.38. The predicted molar refractivity (Wildman–Crippen MR) is 141 cm³/mol. The van der Waals surface area contributed by atoms with Crippen molar-refractivity contribution in [3.05, 3.63) is 88.9 Å². The number of carbonyl (C=O) groups excluding carboxylic acids is 1. The van der Waals surface area contributed by atoms with E-state index >= 15 is 0 Å². The van der Waals surface area contributed by atoms with Crippen molar-refractivity contribution in [3.8, 4) is 5.75 Å². The number of carbonyl (C=O) groups is 1. The quantitative estimate of drug-likeness (QED) is 0.391. The van der Waals surface area contributed by atoms with Crippen molar-refractivity contribution in [3.63, 3.8) is 0 Å². The number of ether oxygens (including phenoxy) is 1. The fourth-order valence-electron chi connectivity index (χ4n) is 3.51. The molecule has 0 atom stereocenters. The van der Waals surface area contributed by atoms with Crippen LogP contribution in [-0.2, 0) is 20.2 Å². The molecule has 3 rings (SSSR count). The first-order valence-electron chi connectivity index (χ1n) is 11.3. The molecule has 8 heteroatoms. The van der Waals surface area contributed by atoms with Gasteiger partial charge in [-0.25, -0.2) is 8.42 Å². The average Bonchev–Trinajstić information content (AvgIpc) is 2.81. The highest BCUT2D eigenvalue weighted by Gasteiger charge is 2.27. The molecular weight excluding hydrogens is 484 g/mol. The van der Waals surface area contributed by atoms with Gasteiger partial charge in [-0.15, -0.1) is 0 Å². The lowest BCUT2D eigenvalue weighted by molar-refractivity contribution is -0.119. The number of halogens is 1. The Morgan fingerprint density at radius 2 is 1.60 bits per heavy atom. The maximum Gasteiger partial charge on any atom is 0.264 e. The second kappa shape index (κ2) is 11.1. The molecule has 186 valence electrons. The van der Waals surface area contributed by atoms with Crippen molar-refractivity contribution in [2.45, 2.75) is 38.0 Å². The molecule has 0 spiro atoms. The zero-order valence-corrected chi connectivity index (χ0v) is 22.0. The van der Waals surface area contributed by atoms with E-state index in [2.05, 4.69) is 26.1 Å². The van der Waals surface area contributed by atoms with E-state index in [1.54, 1.807) is 24.3 Å². The molecule has 0 unspecified atom stereocenters. The molecule has 0 radical (unpaired) electrons. The molecule has 0 heterocycles. The van der Waals surface area contributed by atoms with Crippen LogP contribution < -0.4 is 14.4 Å². The van der Waals surface area contributed by atoms with Crippen LogP contribution in [0.5, 0.6) is 5.75 Å². The number of anilines is 1. The van der Waals surface area contributed by atoms with E-state index in [1.165, 1.54) is 24.3 Å². The van der Waals surface area contributed by atoms with Crippen molar-refractivity contribution in [2.75, 3.05) is 24.0 Å². The highest BCUT2D eigenvalue weighted by molar-refractivity contribution is 7.92. The van der Waals surface area contributed by atoms with Crippen molar-refractivity contribution < 1.29 is 17.9 Å². The molecule has 0 aliphatic rings. The van der Waals surface area contributed by atoms with Crippen molar-refractivity contribution >= 4 is 33.2 Å². The molecule has 0 aliphatic heterocycles. The zero-order valence-electron chi connectivity index (χ0n) is 20.4. The zero-order chi connectivity index (χ0) is 25.6. The summed E-state index contributed by atoms with van der Waals surface area (Å²) >= 11 is 5.93. The lowest BCUT2D eigenvalue weighted by Gasteiger charge is -2.24. The Labute approximate surface area is 212 Å². The SMILES string of the molecule is Cc1ccc(N(CC(=O)NCCOc2ccccc2C(C)(C)C)S(=O)(=O)c2ccc(Cl)cc2)cc1. The predicted octanol–water partition coefficient (Wildman–Crippen LogP) is 5.34. The molecule has 1 amide bonds. The number of rotatable bonds is 9. The van der Waals surface area contributed by atoms with E-state index < -0.39 is 15.9 Å². The smallest absolute Gasteiger partial charge is 0.264 e. The van der Waals surface area contributed by atoms with Crippen molar-refractivity contribution in [1.82, 2.24) is 5.32 Å². The molecule has 35 heavy (non-hydrogen) atoms. The van der Waals surface area contributed by atoms with E-state index in [4.69, 9.17) is 16.3 Å². The van der Waals surface area contributed by atoms with E-state index in [1.807, 2.05) is 31.2 Å². The van der Waals surface area contributed by atoms with Gasteiger partial charge in [-0.2, -0.15) is 0 Å². The van der Waals surface area contributed by atoms with Crippen LogP contribution >= 0.6 is 11.6 Å². The Balaban J connectivity index is 1.70. The van der Waals surface area contributed by atoms with Gasteiger partial charge in [0, 0.05) is 5.02 Å². The Morgan fingerprint density at radius 1 is 0.971 bits per heavy atom. The number of nitrogens with zero attached hydrogens (tertiary/aromatic N) is 1. The average molecular weight is 515 g/mol. The minimum Gasteiger partial charge on any atom is -0.491 e. The molecule has 3 aromatic rings. The third kappa shape index (κ3) is 6.99. The first kappa shape index (κ1) is 26.6. The number of benzene rings is 3. The first-order chi connectivity index (χ1) is 16.5. The van der Waals surface area contributed by atoms with Crippen LogP contribution in [0.1, 0.15) is 31.9 Å². The van der Waals surface area contributed by atoms with Gasteiger partial charge in [-0.1, -0.05) is 68.3 Å². The molecular formula is C27H31ClN2O4S. The monoisotopic (exact) mass is 514 g/mol. The summed E-state index contributed by atoms with van der Waals surface area (Å²) in [7, 11) is -3.99. The van der Waals surface area contributed by atoms with Crippen LogP contribution in [0.15, 0.2) is 77.7 Å². The number of hydrogen-bond donors (Lipinski definition) is 1. The van der Waals surface area contributed by atoms with E-state index in [0.29, 0.717) is 10.7 Å². The Kier molecular flexibility index (Phi) is 8.46. The molecule has 0 aromatic heterocycles. The fourth-order valence-corrected chi connectivity index (χ4v) is 5.06. The Bertz CT molecular complexity index is 1250. The van der Waals surface area contributed by atoms with E-state index in [-0.39, 0.29) is 30.0 Å². The highest BCUT2D eigenvalue weighted by Crippen LogP contribution is 2.31. The Hall–Kier alpha value is -3.03. The van der Waals surface area contributed by atoms with E-state index in [9.17, 15) is 13.2 Å². The fraction of sp³-hybridized carbons (Fsp3) is 0.296. The van der Waals surface area contributed by atoms with Crippen LogP contribution in [0, 0.1) is 6.92 Å². The number of sulfonamides is 1. The topological polar surface area (TPSA) is 75.7 Å². The number of amides is 1. The molecule has 0 aliphatic carbocycles. The molecule has 0 saturated carbocycles. The summed E-state index contributed by atoms with van der Waals surface area (Å²) in [4.78, 5) is 12.8. The van der Waals surface area contributed by atoms with Crippen molar-refractivity contribution in [1.29, 1.82) is 0 Å².